The van der Waals surface area contributed by atoms with Crippen molar-refractivity contribution in [1.29, 1.82) is 0 Å². The zero-order valence-electron chi connectivity index (χ0n) is 17.2. The fraction of sp³-hybridized carbons (Fsp3) is 0.333. The van der Waals surface area contributed by atoms with Gasteiger partial charge in [0.15, 0.2) is 10.9 Å². The van der Waals surface area contributed by atoms with Crippen LogP contribution in [-0.2, 0) is 11.3 Å². The number of rotatable bonds is 7. The van der Waals surface area contributed by atoms with Gasteiger partial charge in [0, 0.05) is 16.7 Å². The van der Waals surface area contributed by atoms with Crippen LogP contribution in [-0.4, -0.2) is 38.6 Å². The van der Waals surface area contributed by atoms with E-state index in [1.807, 2.05) is 13.0 Å². The number of esters is 1. The minimum Gasteiger partial charge on any atom is -0.462 e. The Balaban J connectivity index is 1.89. The summed E-state index contributed by atoms with van der Waals surface area (Å²) in [6.45, 7) is 7.77. The van der Waals surface area contributed by atoms with Crippen LogP contribution in [0.4, 0.5) is 0 Å². The molecule has 3 aromatic rings. The number of H-pyrrole nitrogens is 1. The molecule has 0 unspecified atom stereocenters. The maximum absolute atomic E-state index is 12.9. The SMILES string of the molecule is CCOC(=O)c1c(C)[nH]c(C(=O)CSc2nc3ccc(Br)cc3c(=O)n2CC)c1C. The van der Waals surface area contributed by atoms with E-state index in [0.717, 1.165) is 4.47 Å². The number of carbonyl (C=O) groups excluding carboxylic acids is 2. The first-order valence-electron chi connectivity index (χ1n) is 9.50. The van der Waals surface area contributed by atoms with Gasteiger partial charge in [0.25, 0.3) is 5.56 Å². The number of ketones is 1. The van der Waals surface area contributed by atoms with Gasteiger partial charge in [-0.1, -0.05) is 27.7 Å². The van der Waals surface area contributed by atoms with E-state index in [4.69, 9.17) is 4.74 Å². The molecule has 0 aliphatic carbocycles. The molecule has 2 aromatic heterocycles. The number of fused-ring (bicyclic) bond motifs is 1. The van der Waals surface area contributed by atoms with E-state index in [2.05, 4.69) is 25.9 Å². The lowest BCUT2D eigenvalue weighted by molar-refractivity contribution is 0.0525. The van der Waals surface area contributed by atoms with Gasteiger partial charge in [0.1, 0.15) is 0 Å². The Morgan fingerprint density at radius 3 is 2.67 bits per heavy atom. The molecule has 0 saturated carbocycles. The monoisotopic (exact) mass is 491 g/mol. The highest BCUT2D eigenvalue weighted by molar-refractivity contribution is 9.10. The average molecular weight is 492 g/mol. The van der Waals surface area contributed by atoms with Gasteiger partial charge in [-0.25, -0.2) is 9.78 Å². The molecule has 2 heterocycles. The quantitative estimate of drug-likeness (QED) is 0.229. The standard InChI is InChI=1S/C21H22BrN3O4S/c1-5-25-19(27)14-9-13(22)7-8-15(14)24-21(25)30-10-16(26)18-11(3)17(12(4)23-18)20(28)29-6-2/h7-9,23H,5-6,10H2,1-4H3. The fourth-order valence-electron chi connectivity index (χ4n) is 3.30. The van der Waals surface area contributed by atoms with Crippen molar-refractivity contribution in [2.45, 2.75) is 39.4 Å². The van der Waals surface area contributed by atoms with Crippen molar-refractivity contribution in [2.75, 3.05) is 12.4 Å². The summed E-state index contributed by atoms with van der Waals surface area (Å²) < 4.78 is 7.44. The van der Waals surface area contributed by atoms with Crippen LogP contribution >= 0.6 is 27.7 Å². The number of benzene rings is 1. The summed E-state index contributed by atoms with van der Waals surface area (Å²) in [7, 11) is 0. The Kier molecular flexibility index (Phi) is 6.82. The lowest BCUT2D eigenvalue weighted by Crippen LogP contribution is -2.23. The predicted molar refractivity (Wildman–Crippen MR) is 121 cm³/mol. The number of carbonyl (C=O) groups is 2. The minimum atomic E-state index is -0.447. The van der Waals surface area contributed by atoms with Crippen LogP contribution in [0.15, 0.2) is 32.6 Å². The summed E-state index contributed by atoms with van der Waals surface area (Å²) in [4.78, 5) is 45.4. The number of Topliss-reactive ketones (excluding diaryl/α,β-unsaturated/α-hetero) is 1. The molecule has 3 rings (SSSR count). The first kappa shape index (κ1) is 22.3. The Bertz CT molecular complexity index is 1200. The molecule has 0 saturated heterocycles. The van der Waals surface area contributed by atoms with E-state index in [-0.39, 0.29) is 23.7 Å². The maximum Gasteiger partial charge on any atom is 0.340 e. The van der Waals surface area contributed by atoms with Gasteiger partial charge in [-0.15, -0.1) is 0 Å². The van der Waals surface area contributed by atoms with Crippen LogP contribution in [0.2, 0.25) is 0 Å². The number of hydrogen-bond acceptors (Lipinski definition) is 6. The first-order valence-corrected chi connectivity index (χ1v) is 11.3. The number of aryl methyl sites for hydroxylation is 1. The molecule has 1 aromatic carbocycles. The van der Waals surface area contributed by atoms with E-state index in [9.17, 15) is 14.4 Å². The molecular formula is C21H22BrN3O4S. The Hall–Kier alpha value is -2.39. The lowest BCUT2D eigenvalue weighted by atomic mass is 10.1. The summed E-state index contributed by atoms with van der Waals surface area (Å²) in [6.07, 6.45) is 0. The molecule has 0 amide bonds. The zero-order chi connectivity index (χ0) is 22.0. The Morgan fingerprint density at radius 2 is 2.00 bits per heavy atom. The van der Waals surface area contributed by atoms with Gasteiger partial charge in [0.05, 0.1) is 34.5 Å². The van der Waals surface area contributed by atoms with Gasteiger partial charge in [-0.05, 0) is 51.5 Å². The molecule has 0 aliphatic rings. The predicted octanol–water partition coefficient (Wildman–Crippen LogP) is 4.28. The number of hydrogen-bond donors (Lipinski definition) is 1. The molecule has 158 valence electrons. The number of halogens is 1. The lowest BCUT2D eigenvalue weighted by Gasteiger charge is -2.11. The zero-order valence-corrected chi connectivity index (χ0v) is 19.6. The van der Waals surface area contributed by atoms with E-state index in [1.165, 1.54) is 11.8 Å². The normalized spacial score (nSPS) is 11.1. The third-order valence-electron chi connectivity index (χ3n) is 4.73. The summed E-state index contributed by atoms with van der Waals surface area (Å²) in [5.41, 5.74) is 2.37. The summed E-state index contributed by atoms with van der Waals surface area (Å²) in [6, 6.07) is 5.35. The highest BCUT2D eigenvalue weighted by Gasteiger charge is 2.23. The Labute approximate surface area is 186 Å². The van der Waals surface area contributed by atoms with Crippen molar-refractivity contribution < 1.29 is 14.3 Å². The topological polar surface area (TPSA) is 94.1 Å². The van der Waals surface area contributed by atoms with Gasteiger partial charge in [-0.2, -0.15) is 0 Å². The van der Waals surface area contributed by atoms with Gasteiger partial charge < -0.3 is 9.72 Å². The van der Waals surface area contributed by atoms with E-state index in [1.54, 1.807) is 37.5 Å². The maximum atomic E-state index is 12.9. The van der Waals surface area contributed by atoms with Crippen LogP contribution in [0.5, 0.6) is 0 Å². The molecule has 0 atom stereocenters. The van der Waals surface area contributed by atoms with E-state index >= 15 is 0 Å². The highest BCUT2D eigenvalue weighted by Crippen LogP contribution is 2.24. The molecule has 0 bridgehead atoms. The average Bonchev–Trinajstić information content (AvgIpc) is 3.01. The molecule has 30 heavy (non-hydrogen) atoms. The second-order valence-electron chi connectivity index (χ2n) is 6.66. The number of nitrogens with one attached hydrogen (secondary N) is 1. The highest BCUT2D eigenvalue weighted by atomic mass is 79.9. The largest absolute Gasteiger partial charge is 0.462 e. The molecule has 0 fully saturated rings. The van der Waals surface area contributed by atoms with Crippen molar-refractivity contribution in [2.24, 2.45) is 0 Å². The van der Waals surface area contributed by atoms with Gasteiger partial charge >= 0.3 is 5.97 Å². The third kappa shape index (κ3) is 4.22. The van der Waals surface area contributed by atoms with Crippen LogP contribution in [0.25, 0.3) is 10.9 Å². The van der Waals surface area contributed by atoms with Crippen LogP contribution in [0.1, 0.15) is 46.0 Å². The molecule has 9 heteroatoms. The molecule has 7 nitrogen and oxygen atoms in total. The van der Waals surface area contributed by atoms with Gasteiger partial charge in [-0.3, -0.25) is 14.2 Å². The van der Waals surface area contributed by atoms with Crippen molar-refractivity contribution in [3.63, 3.8) is 0 Å². The molecule has 1 N–H and O–H groups in total. The van der Waals surface area contributed by atoms with E-state index < -0.39 is 5.97 Å². The minimum absolute atomic E-state index is 0.0809. The second-order valence-corrected chi connectivity index (χ2v) is 8.52. The smallest absolute Gasteiger partial charge is 0.340 e. The van der Waals surface area contributed by atoms with Crippen LogP contribution < -0.4 is 5.56 Å². The summed E-state index contributed by atoms with van der Waals surface area (Å²) >= 11 is 4.58. The van der Waals surface area contributed by atoms with Crippen molar-refractivity contribution in [3.8, 4) is 0 Å². The number of ether oxygens (including phenoxy) is 1. The van der Waals surface area contributed by atoms with Crippen molar-refractivity contribution in [1.82, 2.24) is 14.5 Å². The first-order chi connectivity index (χ1) is 14.3. The third-order valence-corrected chi connectivity index (χ3v) is 6.20. The fourth-order valence-corrected chi connectivity index (χ4v) is 4.60. The van der Waals surface area contributed by atoms with Gasteiger partial charge in [0.2, 0.25) is 0 Å². The molecule has 0 aliphatic heterocycles. The number of aromatic nitrogens is 3. The van der Waals surface area contributed by atoms with Crippen LogP contribution in [0.3, 0.4) is 0 Å². The number of thioether (sulfide) groups is 1. The number of aromatic amines is 1. The van der Waals surface area contributed by atoms with Crippen molar-refractivity contribution in [3.05, 3.63) is 55.5 Å². The summed E-state index contributed by atoms with van der Waals surface area (Å²) in [5, 5.41) is 1.01. The molecule has 0 spiro atoms. The molecular weight excluding hydrogens is 470 g/mol. The molecule has 0 radical (unpaired) electrons. The summed E-state index contributed by atoms with van der Waals surface area (Å²) in [5.74, 6) is -0.543. The van der Waals surface area contributed by atoms with E-state index in [0.29, 0.717) is 45.1 Å². The Morgan fingerprint density at radius 1 is 1.27 bits per heavy atom. The second kappa shape index (κ2) is 9.18. The van der Waals surface area contributed by atoms with Crippen molar-refractivity contribution >= 4 is 50.3 Å². The number of nitrogens with zero attached hydrogens (tertiary/aromatic N) is 2. The van der Waals surface area contributed by atoms with Crippen LogP contribution in [0, 0.1) is 13.8 Å².